The predicted molar refractivity (Wildman–Crippen MR) is 69.0 cm³/mol. The number of nitrogens with one attached hydrogen (secondary N) is 1. The summed E-state index contributed by atoms with van der Waals surface area (Å²) >= 11 is 0. The lowest BCUT2D eigenvalue weighted by molar-refractivity contribution is 0.0451. The van der Waals surface area contributed by atoms with E-state index in [4.69, 9.17) is 0 Å². The topological polar surface area (TPSA) is 35.5 Å². The Morgan fingerprint density at radius 3 is 2.35 bits per heavy atom. The number of fused-ring (bicyclic) bond motifs is 3. The Morgan fingerprint density at radius 1 is 0.882 bits per heavy atom. The number of rotatable bonds is 2. The number of nitrogens with zero attached hydrogens (tertiary/aromatic N) is 1. The maximum atomic E-state index is 10.2. The molecule has 3 unspecified atom stereocenters. The fraction of sp³-hybridized carbons (Fsp3) is 1.00. The number of aliphatic hydroxyl groups excluding tert-OH is 1. The van der Waals surface area contributed by atoms with E-state index in [-0.39, 0.29) is 6.10 Å². The van der Waals surface area contributed by atoms with Gasteiger partial charge in [0.1, 0.15) is 0 Å². The van der Waals surface area contributed by atoms with E-state index >= 15 is 0 Å². The summed E-state index contributed by atoms with van der Waals surface area (Å²) in [7, 11) is 0. The predicted octanol–water partition coefficient (Wildman–Crippen LogP) is 1.36. The normalized spacial score (nSPS) is 46.8. The maximum absolute atomic E-state index is 10.2. The van der Waals surface area contributed by atoms with Gasteiger partial charge < -0.3 is 15.3 Å². The first-order valence-electron chi connectivity index (χ1n) is 7.49. The Balaban J connectivity index is 1.58. The van der Waals surface area contributed by atoms with E-state index in [1.807, 2.05) is 0 Å². The van der Waals surface area contributed by atoms with Crippen LogP contribution in [0.3, 0.4) is 0 Å². The molecule has 3 nitrogen and oxygen atoms in total. The van der Waals surface area contributed by atoms with Gasteiger partial charge in [-0.1, -0.05) is 19.3 Å². The van der Waals surface area contributed by atoms with Crippen LogP contribution in [0, 0.1) is 5.92 Å². The summed E-state index contributed by atoms with van der Waals surface area (Å²) in [5.74, 6) is 0.871. The number of hydrogen-bond acceptors (Lipinski definition) is 3. The van der Waals surface area contributed by atoms with Crippen molar-refractivity contribution in [2.75, 3.05) is 19.6 Å². The van der Waals surface area contributed by atoms with E-state index in [1.165, 1.54) is 58.2 Å². The van der Waals surface area contributed by atoms with Crippen molar-refractivity contribution in [1.29, 1.82) is 0 Å². The Kier molecular flexibility index (Phi) is 3.69. The molecule has 3 aliphatic heterocycles. The molecule has 0 radical (unpaired) electrons. The Bertz CT molecular complexity index is 251. The van der Waals surface area contributed by atoms with Crippen LogP contribution in [0.5, 0.6) is 0 Å². The second-order valence-electron chi connectivity index (χ2n) is 6.22. The van der Waals surface area contributed by atoms with Crippen molar-refractivity contribution < 1.29 is 5.11 Å². The van der Waals surface area contributed by atoms with Crippen LogP contribution < -0.4 is 5.32 Å². The van der Waals surface area contributed by atoms with Gasteiger partial charge in [-0.2, -0.15) is 0 Å². The second-order valence-corrected chi connectivity index (χ2v) is 6.22. The molecule has 3 heteroatoms. The summed E-state index contributed by atoms with van der Waals surface area (Å²) in [4.78, 5) is 2.58. The first-order valence-corrected chi connectivity index (χ1v) is 7.49. The molecule has 0 aromatic rings. The first kappa shape index (κ1) is 11.9. The monoisotopic (exact) mass is 238 g/mol. The summed E-state index contributed by atoms with van der Waals surface area (Å²) in [5.41, 5.74) is 0. The zero-order valence-corrected chi connectivity index (χ0v) is 10.8. The third-order valence-corrected chi connectivity index (χ3v) is 5.06. The van der Waals surface area contributed by atoms with Crippen LogP contribution in [0.2, 0.25) is 0 Å². The van der Waals surface area contributed by atoms with Gasteiger partial charge in [0.05, 0.1) is 6.10 Å². The molecule has 0 amide bonds. The van der Waals surface area contributed by atoms with Crippen molar-refractivity contribution in [2.24, 2.45) is 5.92 Å². The van der Waals surface area contributed by atoms with Crippen LogP contribution in [0.15, 0.2) is 0 Å². The summed E-state index contributed by atoms with van der Waals surface area (Å²) in [6.45, 7) is 3.82. The molecule has 2 N–H and O–H groups in total. The van der Waals surface area contributed by atoms with Crippen LogP contribution in [0.1, 0.15) is 44.9 Å². The van der Waals surface area contributed by atoms with Crippen LogP contribution in [-0.4, -0.2) is 47.8 Å². The summed E-state index contributed by atoms with van der Waals surface area (Å²) in [5, 5.41) is 14.0. The van der Waals surface area contributed by atoms with Gasteiger partial charge in [0, 0.05) is 18.6 Å². The molecule has 3 heterocycles. The van der Waals surface area contributed by atoms with Crippen LogP contribution >= 0.6 is 0 Å². The molecular weight excluding hydrogens is 212 g/mol. The fourth-order valence-electron chi connectivity index (χ4n) is 3.91. The van der Waals surface area contributed by atoms with E-state index in [1.54, 1.807) is 0 Å². The van der Waals surface area contributed by atoms with Crippen LogP contribution in [0.25, 0.3) is 0 Å². The van der Waals surface area contributed by atoms with Crippen molar-refractivity contribution in [2.45, 2.75) is 63.1 Å². The molecule has 3 atom stereocenters. The van der Waals surface area contributed by atoms with E-state index in [2.05, 4.69) is 10.2 Å². The minimum atomic E-state index is -0.104. The molecular formula is C14H26N2O. The van der Waals surface area contributed by atoms with Gasteiger partial charge in [-0.05, 0) is 44.7 Å². The highest BCUT2D eigenvalue weighted by molar-refractivity contribution is 4.94. The Labute approximate surface area is 105 Å². The SMILES string of the molecule is OC1CCCCCC1NC1CN2CCC1CC2. The molecule has 0 aromatic heterocycles. The summed E-state index contributed by atoms with van der Waals surface area (Å²) < 4.78 is 0. The van der Waals surface area contributed by atoms with Crippen molar-refractivity contribution >= 4 is 0 Å². The molecule has 0 spiro atoms. The molecule has 4 aliphatic rings. The zero-order valence-electron chi connectivity index (χ0n) is 10.8. The van der Waals surface area contributed by atoms with Gasteiger partial charge in [0.25, 0.3) is 0 Å². The van der Waals surface area contributed by atoms with E-state index in [0.29, 0.717) is 12.1 Å². The second kappa shape index (κ2) is 5.25. The highest BCUT2D eigenvalue weighted by Gasteiger charge is 2.36. The van der Waals surface area contributed by atoms with Crippen molar-refractivity contribution in [3.05, 3.63) is 0 Å². The van der Waals surface area contributed by atoms with Gasteiger partial charge in [-0.15, -0.1) is 0 Å². The van der Waals surface area contributed by atoms with Crippen molar-refractivity contribution in [3.63, 3.8) is 0 Å². The molecule has 3 saturated heterocycles. The van der Waals surface area contributed by atoms with Crippen LogP contribution in [-0.2, 0) is 0 Å². The van der Waals surface area contributed by atoms with Crippen molar-refractivity contribution in [3.8, 4) is 0 Å². The largest absolute Gasteiger partial charge is 0.392 e. The van der Waals surface area contributed by atoms with E-state index < -0.39 is 0 Å². The molecule has 98 valence electrons. The highest BCUT2D eigenvalue weighted by atomic mass is 16.3. The minimum absolute atomic E-state index is 0.104. The fourth-order valence-corrected chi connectivity index (χ4v) is 3.91. The van der Waals surface area contributed by atoms with E-state index in [9.17, 15) is 5.11 Å². The lowest BCUT2D eigenvalue weighted by Crippen LogP contribution is -2.59. The van der Waals surface area contributed by atoms with Gasteiger partial charge >= 0.3 is 0 Å². The number of hydrogen-bond donors (Lipinski definition) is 2. The Hall–Kier alpha value is -0.120. The van der Waals surface area contributed by atoms with Gasteiger partial charge in [-0.25, -0.2) is 0 Å². The lowest BCUT2D eigenvalue weighted by atomic mass is 9.83. The maximum Gasteiger partial charge on any atom is 0.0693 e. The molecule has 4 rings (SSSR count). The first-order chi connectivity index (χ1) is 8.33. The summed E-state index contributed by atoms with van der Waals surface area (Å²) in [6, 6.07) is 1.01. The van der Waals surface area contributed by atoms with Crippen LogP contribution in [0.4, 0.5) is 0 Å². The molecule has 1 saturated carbocycles. The highest BCUT2D eigenvalue weighted by Crippen LogP contribution is 2.29. The minimum Gasteiger partial charge on any atom is -0.392 e. The van der Waals surface area contributed by atoms with Crippen molar-refractivity contribution in [1.82, 2.24) is 10.2 Å². The molecule has 1 aliphatic carbocycles. The molecule has 4 fully saturated rings. The van der Waals surface area contributed by atoms with E-state index in [0.717, 1.165) is 12.3 Å². The quantitative estimate of drug-likeness (QED) is 0.713. The third-order valence-electron chi connectivity index (χ3n) is 5.06. The number of piperidine rings is 3. The summed E-state index contributed by atoms with van der Waals surface area (Å²) in [6.07, 6.45) is 8.59. The standard InChI is InChI=1S/C14H26N2O/c17-14-5-3-1-2-4-12(14)15-13-10-16-8-6-11(13)7-9-16/h11-15,17H,1-10H2. The number of aliphatic hydroxyl groups is 1. The smallest absolute Gasteiger partial charge is 0.0693 e. The zero-order chi connectivity index (χ0) is 11.7. The average molecular weight is 238 g/mol. The molecule has 17 heavy (non-hydrogen) atoms. The Morgan fingerprint density at radius 2 is 1.65 bits per heavy atom. The molecule has 2 bridgehead atoms. The van der Waals surface area contributed by atoms with Gasteiger partial charge in [0.15, 0.2) is 0 Å². The van der Waals surface area contributed by atoms with Gasteiger partial charge in [0.2, 0.25) is 0 Å². The third kappa shape index (κ3) is 2.67. The van der Waals surface area contributed by atoms with Gasteiger partial charge in [-0.3, -0.25) is 0 Å². The molecule has 0 aromatic carbocycles. The average Bonchev–Trinajstić information content (AvgIpc) is 2.57. The lowest BCUT2D eigenvalue weighted by Gasteiger charge is -2.46.